The van der Waals surface area contributed by atoms with Crippen molar-refractivity contribution in [1.29, 1.82) is 0 Å². The van der Waals surface area contributed by atoms with Crippen LogP contribution in [0.15, 0.2) is 72.8 Å². The molecule has 0 unspecified atom stereocenters. The summed E-state index contributed by atoms with van der Waals surface area (Å²) < 4.78 is 181. The molecule has 4 amide bonds. The first-order valence-electron chi connectivity index (χ1n) is 19.9. The second-order valence-corrected chi connectivity index (χ2v) is 15.4. The first-order chi connectivity index (χ1) is 32.4. The van der Waals surface area contributed by atoms with E-state index in [4.69, 9.17) is 0 Å². The Bertz CT molecular complexity index is 2820. The summed E-state index contributed by atoms with van der Waals surface area (Å²) in [6, 6.07) is 5.98. The van der Waals surface area contributed by atoms with E-state index in [-0.39, 0.29) is 36.5 Å². The van der Waals surface area contributed by atoms with E-state index in [1.54, 1.807) is 6.92 Å². The number of nitrogens with two attached hydrogens (primary N) is 2. The molecule has 0 aliphatic carbocycles. The molecule has 4 aromatic rings. The molecule has 0 fully saturated rings. The van der Waals surface area contributed by atoms with Gasteiger partial charge in [0.05, 0.1) is 44.5 Å². The van der Waals surface area contributed by atoms with Gasteiger partial charge in [0.25, 0.3) is 23.6 Å². The monoisotopic (exact) mass is 1000 g/mol. The number of imide groups is 2. The molecule has 26 heteroatoms. The summed E-state index contributed by atoms with van der Waals surface area (Å²) in [5.74, 6) is -8.92. The molecule has 4 heterocycles. The third-order valence-electron chi connectivity index (χ3n) is 11.5. The van der Waals surface area contributed by atoms with Crippen molar-refractivity contribution in [3.05, 3.63) is 140 Å². The highest BCUT2D eigenvalue weighted by molar-refractivity contribution is 6.22. The van der Waals surface area contributed by atoms with Crippen molar-refractivity contribution in [2.45, 2.75) is 55.3 Å². The van der Waals surface area contributed by atoms with Gasteiger partial charge in [0, 0.05) is 20.3 Å². The van der Waals surface area contributed by atoms with E-state index in [0.717, 1.165) is 24.1 Å². The Morgan fingerprint density at radius 1 is 0.429 bits per heavy atom. The summed E-state index contributed by atoms with van der Waals surface area (Å²) in [5, 5.41) is 0. The van der Waals surface area contributed by atoms with E-state index in [9.17, 15) is 91.0 Å². The Morgan fingerprint density at radius 2 is 0.700 bits per heavy atom. The number of alkyl halides is 12. The number of hydrogen-bond acceptors (Lipinski definition) is 12. The zero-order chi connectivity index (χ0) is 52.4. The first-order valence-corrected chi connectivity index (χ1v) is 19.9. The SMILES string of the molecule is CCCCN1C(=O)c2ccc(C(c3ccc4c(c3)C(=O)N(C)C4=O)(C(F)(F)F)C(F)(F)F)cc2C1=O.NCN.O=C1OC(=O)c2cc(C(c3ccc4c(c3)C(=O)OC4=O)(C(F)(F)F)C(F)(F)F)ccc21. The number of nitrogens with zero attached hydrogens (tertiary/aromatic N) is 2. The Kier molecular flexibility index (Phi) is 13.2. The van der Waals surface area contributed by atoms with Gasteiger partial charge in [-0.15, -0.1) is 0 Å². The maximum absolute atomic E-state index is 14.6. The Hall–Kier alpha value is -7.48. The van der Waals surface area contributed by atoms with Crippen molar-refractivity contribution in [2.75, 3.05) is 20.3 Å². The number of benzene rings is 4. The highest BCUT2D eigenvalue weighted by Crippen LogP contribution is 2.58. The zero-order valence-electron chi connectivity index (χ0n) is 35.4. The molecule has 0 saturated heterocycles. The Morgan fingerprint density at radius 3 is 1.04 bits per heavy atom. The summed E-state index contributed by atoms with van der Waals surface area (Å²) in [7, 11) is 1.05. The molecule has 0 saturated carbocycles. The van der Waals surface area contributed by atoms with Crippen molar-refractivity contribution in [3.8, 4) is 0 Å². The van der Waals surface area contributed by atoms with Gasteiger partial charge in [0.15, 0.2) is 0 Å². The number of esters is 4. The van der Waals surface area contributed by atoms with Crippen LogP contribution in [0.1, 0.15) is 125 Å². The van der Waals surface area contributed by atoms with Crippen LogP contribution in [0, 0.1) is 0 Å². The van der Waals surface area contributed by atoms with Crippen LogP contribution in [0.3, 0.4) is 0 Å². The molecule has 8 rings (SSSR count). The Labute approximate surface area is 384 Å². The number of amides is 4. The molecule has 0 radical (unpaired) electrons. The summed E-state index contributed by atoms with van der Waals surface area (Å²) >= 11 is 0. The molecule has 0 aromatic heterocycles. The highest BCUT2D eigenvalue weighted by Gasteiger charge is 2.74. The predicted molar refractivity (Wildman–Crippen MR) is 211 cm³/mol. The van der Waals surface area contributed by atoms with Crippen molar-refractivity contribution < 1.29 is 101 Å². The normalized spacial score (nSPS) is 15.8. The fourth-order valence-corrected chi connectivity index (χ4v) is 8.24. The van der Waals surface area contributed by atoms with Crippen LogP contribution in [-0.4, -0.2) is 102 Å². The third-order valence-corrected chi connectivity index (χ3v) is 11.5. The number of carbonyl (C=O) groups is 8. The van der Waals surface area contributed by atoms with Crippen LogP contribution in [0.2, 0.25) is 0 Å². The van der Waals surface area contributed by atoms with Crippen LogP contribution in [0.25, 0.3) is 0 Å². The fraction of sp³-hybridized carbons (Fsp3) is 0.273. The molecule has 370 valence electrons. The molecular formula is C44H30F12N4O10. The van der Waals surface area contributed by atoms with Gasteiger partial charge in [-0.1, -0.05) is 37.6 Å². The first kappa shape index (κ1) is 51.9. The number of fused-ring (bicyclic) bond motifs is 4. The summed E-state index contributed by atoms with van der Waals surface area (Å²) in [6.45, 7) is 2.00. The van der Waals surface area contributed by atoms with Crippen molar-refractivity contribution >= 4 is 47.5 Å². The molecule has 0 atom stereocenters. The number of hydrogen-bond donors (Lipinski definition) is 2. The number of unbranched alkanes of at least 4 members (excludes halogenated alkanes) is 1. The lowest BCUT2D eigenvalue weighted by molar-refractivity contribution is -0.290. The van der Waals surface area contributed by atoms with Gasteiger partial charge in [-0.05, 0) is 77.2 Å². The van der Waals surface area contributed by atoms with Crippen LogP contribution < -0.4 is 11.5 Å². The number of rotatable bonds is 7. The van der Waals surface area contributed by atoms with E-state index in [1.807, 2.05) is 0 Å². The summed E-state index contributed by atoms with van der Waals surface area (Å²) in [4.78, 5) is 97.6. The fourth-order valence-electron chi connectivity index (χ4n) is 8.24. The summed E-state index contributed by atoms with van der Waals surface area (Å²) in [5.41, 5.74) is -9.99. The van der Waals surface area contributed by atoms with Gasteiger partial charge < -0.3 is 20.9 Å². The molecular weight excluding hydrogens is 972 g/mol. The lowest BCUT2D eigenvalue weighted by Gasteiger charge is -2.38. The maximum atomic E-state index is 14.6. The van der Waals surface area contributed by atoms with E-state index in [0.29, 0.717) is 66.3 Å². The third kappa shape index (κ3) is 7.92. The van der Waals surface area contributed by atoms with Crippen LogP contribution in [0.5, 0.6) is 0 Å². The smallest absolute Gasteiger partial charge is 0.386 e. The van der Waals surface area contributed by atoms with E-state index < -0.39 is 139 Å². The van der Waals surface area contributed by atoms with Crippen LogP contribution in [-0.2, 0) is 20.3 Å². The average molecular weight is 1000 g/mol. The maximum Gasteiger partial charge on any atom is 0.411 e. The number of carbonyl (C=O) groups excluding carboxylic acids is 8. The molecule has 14 nitrogen and oxygen atoms in total. The standard InChI is InChI=1S/C24H18F6N2O4.C19H6F6O6.CH6N2/c1-3-4-9-32-20(35)15-8-6-13(11-17(15)21(32)36)22(23(25,26)27,24(28,29)30)12-5-7-14-16(10-12)19(34)31(2)18(14)33;20-18(21,22)17(19(23,24)25,7-1-3-9-11(5-7)15(28)30-13(9)26)8-2-4-10-12(6-8)16(29)31-14(10)27;2-1-3/h5-8,10-11H,3-4,9H2,1-2H3;1-6H;1-3H2. The number of cyclic esters (lactones) is 4. The van der Waals surface area contributed by atoms with E-state index in [1.165, 1.54) is 0 Å². The molecule has 0 spiro atoms. The summed E-state index contributed by atoms with van der Waals surface area (Å²) in [6.07, 6.45) is -23.0. The van der Waals surface area contributed by atoms with Gasteiger partial charge in [-0.2, -0.15) is 52.7 Å². The minimum absolute atomic E-state index is 0.0314. The molecule has 70 heavy (non-hydrogen) atoms. The van der Waals surface area contributed by atoms with Crippen molar-refractivity contribution in [2.24, 2.45) is 11.5 Å². The van der Waals surface area contributed by atoms with Gasteiger partial charge in [-0.3, -0.25) is 29.0 Å². The van der Waals surface area contributed by atoms with Gasteiger partial charge >= 0.3 is 48.6 Å². The largest absolute Gasteiger partial charge is 0.411 e. The lowest BCUT2D eigenvalue weighted by Crippen LogP contribution is -2.55. The van der Waals surface area contributed by atoms with Crippen LogP contribution >= 0.6 is 0 Å². The zero-order valence-corrected chi connectivity index (χ0v) is 35.4. The molecule has 0 bridgehead atoms. The highest BCUT2D eigenvalue weighted by atomic mass is 19.4. The second-order valence-electron chi connectivity index (χ2n) is 15.4. The van der Waals surface area contributed by atoms with Crippen molar-refractivity contribution in [1.82, 2.24) is 9.80 Å². The second kappa shape index (κ2) is 17.8. The topological polar surface area (TPSA) is 214 Å². The lowest BCUT2D eigenvalue weighted by atomic mass is 9.71. The molecule has 4 aliphatic rings. The number of halogens is 12. The molecule has 4 N–H and O–H groups in total. The van der Waals surface area contributed by atoms with Crippen LogP contribution in [0.4, 0.5) is 52.7 Å². The van der Waals surface area contributed by atoms with Gasteiger partial charge in [0.1, 0.15) is 0 Å². The molecule has 4 aliphatic heterocycles. The molecule has 4 aromatic carbocycles. The van der Waals surface area contributed by atoms with Gasteiger partial charge in [-0.25, -0.2) is 19.2 Å². The minimum Gasteiger partial charge on any atom is -0.386 e. The van der Waals surface area contributed by atoms with E-state index in [2.05, 4.69) is 20.9 Å². The average Bonchev–Trinajstić information content (AvgIpc) is 3.87. The van der Waals surface area contributed by atoms with Gasteiger partial charge in [0.2, 0.25) is 10.8 Å². The van der Waals surface area contributed by atoms with Crippen molar-refractivity contribution in [3.63, 3.8) is 0 Å². The number of ether oxygens (including phenoxy) is 2. The quantitative estimate of drug-likeness (QED) is 0.0614. The van der Waals surface area contributed by atoms with E-state index >= 15 is 0 Å². The predicted octanol–water partition coefficient (Wildman–Crippen LogP) is 7.30. The minimum atomic E-state index is -6.02. The Balaban J connectivity index is 0.000000220.